The van der Waals surface area contributed by atoms with Crippen LogP contribution >= 0.6 is 0 Å². The molecule has 0 aliphatic heterocycles. The fourth-order valence-corrected chi connectivity index (χ4v) is 4.76. The maximum absolute atomic E-state index is 12.6. The zero-order chi connectivity index (χ0) is 32.7. The molecule has 2 aromatic rings. The number of fused-ring (bicyclic) bond motifs is 3. The van der Waals surface area contributed by atoms with Gasteiger partial charge in [0.1, 0.15) is 6.61 Å². The Morgan fingerprint density at radius 3 is 1.37 bits per heavy atom. The summed E-state index contributed by atoms with van der Waals surface area (Å²) in [5.74, 6) is 0.0444. The quantitative estimate of drug-likeness (QED) is 0.130. The van der Waals surface area contributed by atoms with Gasteiger partial charge in [0, 0.05) is 19.5 Å². The van der Waals surface area contributed by atoms with Crippen molar-refractivity contribution in [2.75, 3.05) is 119 Å². The van der Waals surface area contributed by atoms with E-state index in [0.717, 1.165) is 0 Å². The molecule has 1 aliphatic carbocycles. The molecule has 0 spiro atoms. The van der Waals surface area contributed by atoms with Gasteiger partial charge in [0.25, 0.3) is 0 Å². The minimum Gasteiger partial charge on any atom is -0.448 e. The van der Waals surface area contributed by atoms with E-state index in [4.69, 9.17) is 42.6 Å². The lowest BCUT2D eigenvalue weighted by molar-refractivity contribution is -0.0257. The molecule has 0 saturated carbocycles. The Bertz CT molecular complexity index is 1040. The zero-order valence-electron chi connectivity index (χ0n) is 27.8. The van der Waals surface area contributed by atoms with Crippen molar-refractivity contribution in [1.82, 2.24) is 4.90 Å². The Kier molecular flexibility index (Phi) is 19.5. The summed E-state index contributed by atoms with van der Waals surface area (Å²) in [4.78, 5) is 14.1. The molecule has 0 radical (unpaired) electrons. The number of ether oxygens (including phenoxy) is 9. The van der Waals surface area contributed by atoms with E-state index in [0.29, 0.717) is 112 Å². The lowest BCUT2D eigenvalue weighted by Gasteiger charge is -2.19. The Hall–Kier alpha value is -2.61. The Balaban J connectivity index is 1.04. The van der Waals surface area contributed by atoms with E-state index in [1.54, 1.807) is 7.05 Å². The summed E-state index contributed by atoms with van der Waals surface area (Å²) in [7, 11) is 1.72. The lowest BCUT2D eigenvalue weighted by atomic mass is 9.98. The van der Waals surface area contributed by atoms with Crippen LogP contribution in [0.2, 0.25) is 0 Å². The van der Waals surface area contributed by atoms with Crippen LogP contribution in [0.4, 0.5) is 4.79 Å². The van der Waals surface area contributed by atoms with E-state index in [-0.39, 0.29) is 18.1 Å². The van der Waals surface area contributed by atoms with Crippen LogP contribution in [0.15, 0.2) is 48.5 Å². The van der Waals surface area contributed by atoms with Gasteiger partial charge in [-0.15, -0.1) is 0 Å². The van der Waals surface area contributed by atoms with Crippen LogP contribution in [-0.4, -0.2) is 136 Å². The molecule has 1 amide bonds. The molecule has 11 nitrogen and oxygen atoms in total. The average molecular weight is 648 g/mol. The average Bonchev–Trinajstić information content (AvgIpc) is 3.38. The van der Waals surface area contributed by atoms with E-state index >= 15 is 0 Å². The second-order valence-electron chi connectivity index (χ2n) is 10.9. The first kappa shape index (κ1) is 37.8. The molecule has 0 fully saturated rings. The number of benzene rings is 2. The highest BCUT2D eigenvalue weighted by Gasteiger charge is 2.29. The minimum atomic E-state index is -0.360. The van der Waals surface area contributed by atoms with Crippen molar-refractivity contribution in [3.8, 4) is 11.1 Å². The highest BCUT2D eigenvalue weighted by molar-refractivity contribution is 5.79. The molecule has 0 saturated heterocycles. The number of rotatable bonds is 27. The molecule has 0 atom stereocenters. The van der Waals surface area contributed by atoms with Crippen LogP contribution in [0.5, 0.6) is 0 Å². The van der Waals surface area contributed by atoms with Gasteiger partial charge in [-0.2, -0.15) is 0 Å². The lowest BCUT2D eigenvalue weighted by Crippen LogP contribution is -2.32. The topological polar surface area (TPSA) is 103 Å². The van der Waals surface area contributed by atoms with Crippen molar-refractivity contribution >= 4 is 6.09 Å². The third-order valence-corrected chi connectivity index (χ3v) is 7.13. The van der Waals surface area contributed by atoms with E-state index in [9.17, 15) is 4.79 Å². The standard InChI is InChI=1S/C35H53NO10/c1-29(2)45-27-26-44-25-24-43-23-22-42-21-20-41-19-18-40-17-16-39-15-14-38-13-12-36(3)35(37)46-28-34-32-10-6-4-8-30(32)31-9-5-7-11-33(31)34/h4-11,29,34H,12-28H2,1-3H3. The van der Waals surface area contributed by atoms with E-state index in [2.05, 4.69) is 24.3 Å². The monoisotopic (exact) mass is 647 g/mol. The van der Waals surface area contributed by atoms with Crippen molar-refractivity contribution < 1.29 is 47.4 Å². The number of carbonyl (C=O) groups is 1. The van der Waals surface area contributed by atoms with Crippen LogP contribution in [0, 0.1) is 0 Å². The summed E-state index contributed by atoms with van der Waals surface area (Å²) < 4.78 is 49.5. The highest BCUT2D eigenvalue weighted by Crippen LogP contribution is 2.44. The summed E-state index contributed by atoms with van der Waals surface area (Å²) in [6, 6.07) is 16.6. The number of hydrogen-bond donors (Lipinski definition) is 0. The van der Waals surface area contributed by atoms with Crippen molar-refractivity contribution in [1.29, 1.82) is 0 Å². The molecule has 0 heterocycles. The van der Waals surface area contributed by atoms with Crippen molar-refractivity contribution in [2.24, 2.45) is 0 Å². The summed E-state index contributed by atoms with van der Waals surface area (Å²) >= 11 is 0. The number of likely N-dealkylation sites (N-methyl/N-ethyl adjacent to an activating group) is 1. The first-order valence-corrected chi connectivity index (χ1v) is 16.3. The molecule has 0 aromatic heterocycles. The van der Waals surface area contributed by atoms with Gasteiger partial charge in [-0.25, -0.2) is 4.79 Å². The van der Waals surface area contributed by atoms with Gasteiger partial charge in [0.05, 0.1) is 105 Å². The normalized spacial score (nSPS) is 12.4. The van der Waals surface area contributed by atoms with E-state index in [1.165, 1.54) is 27.2 Å². The van der Waals surface area contributed by atoms with Crippen LogP contribution in [-0.2, 0) is 42.6 Å². The SMILES string of the molecule is CC(C)OCCOCCOCCOCCOCCOCCOCCOCCN(C)C(=O)OCC1c2ccccc2-c2ccccc21. The molecule has 0 unspecified atom stereocenters. The summed E-state index contributed by atoms with van der Waals surface area (Å²) in [6.07, 6.45) is -0.133. The number of amides is 1. The zero-order valence-corrected chi connectivity index (χ0v) is 27.8. The van der Waals surface area contributed by atoms with Crippen LogP contribution in [0.1, 0.15) is 30.9 Å². The fourth-order valence-electron chi connectivity index (χ4n) is 4.76. The van der Waals surface area contributed by atoms with Crippen LogP contribution < -0.4 is 0 Å². The van der Waals surface area contributed by atoms with Gasteiger partial charge in [-0.1, -0.05) is 48.5 Å². The number of hydrogen-bond acceptors (Lipinski definition) is 10. The van der Waals surface area contributed by atoms with Crippen molar-refractivity contribution in [3.63, 3.8) is 0 Å². The van der Waals surface area contributed by atoms with Gasteiger partial charge < -0.3 is 47.5 Å². The molecular formula is C35H53NO10. The van der Waals surface area contributed by atoms with Crippen LogP contribution in [0.25, 0.3) is 11.1 Å². The Morgan fingerprint density at radius 1 is 0.587 bits per heavy atom. The molecule has 3 rings (SSSR count). The molecule has 2 aromatic carbocycles. The molecular weight excluding hydrogens is 594 g/mol. The summed E-state index contributed by atoms with van der Waals surface area (Å²) in [5.41, 5.74) is 4.81. The maximum atomic E-state index is 12.6. The molecule has 11 heteroatoms. The summed E-state index contributed by atoms with van der Waals surface area (Å²) in [5, 5.41) is 0. The molecule has 0 bridgehead atoms. The van der Waals surface area contributed by atoms with Gasteiger partial charge in [-0.3, -0.25) is 0 Å². The fraction of sp³-hybridized carbons (Fsp3) is 0.629. The third kappa shape index (κ3) is 14.9. The van der Waals surface area contributed by atoms with Gasteiger partial charge >= 0.3 is 6.09 Å². The molecule has 46 heavy (non-hydrogen) atoms. The van der Waals surface area contributed by atoms with Gasteiger partial charge in [0.15, 0.2) is 0 Å². The predicted molar refractivity (Wildman–Crippen MR) is 175 cm³/mol. The number of carbonyl (C=O) groups excluding carboxylic acids is 1. The van der Waals surface area contributed by atoms with Gasteiger partial charge in [-0.05, 0) is 36.1 Å². The summed E-state index contributed by atoms with van der Waals surface area (Å²) in [6.45, 7) is 12.3. The minimum absolute atomic E-state index is 0.0444. The maximum Gasteiger partial charge on any atom is 0.409 e. The second-order valence-corrected chi connectivity index (χ2v) is 10.9. The Labute approximate surface area is 274 Å². The number of nitrogens with zero attached hydrogens (tertiary/aromatic N) is 1. The first-order valence-electron chi connectivity index (χ1n) is 16.3. The molecule has 258 valence electrons. The third-order valence-electron chi connectivity index (χ3n) is 7.13. The van der Waals surface area contributed by atoms with Crippen molar-refractivity contribution in [2.45, 2.75) is 25.9 Å². The van der Waals surface area contributed by atoms with E-state index in [1.807, 2.05) is 38.1 Å². The van der Waals surface area contributed by atoms with Crippen molar-refractivity contribution in [3.05, 3.63) is 59.7 Å². The smallest absolute Gasteiger partial charge is 0.409 e. The highest BCUT2D eigenvalue weighted by atomic mass is 16.6. The predicted octanol–water partition coefficient (Wildman–Crippen LogP) is 4.41. The Morgan fingerprint density at radius 2 is 0.957 bits per heavy atom. The van der Waals surface area contributed by atoms with Gasteiger partial charge in [0.2, 0.25) is 0 Å². The second kappa shape index (κ2) is 23.7. The van der Waals surface area contributed by atoms with E-state index < -0.39 is 0 Å². The first-order chi connectivity index (χ1) is 22.6. The molecule has 1 aliphatic rings. The molecule has 0 N–H and O–H groups in total. The largest absolute Gasteiger partial charge is 0.448 e. The van der Waals surface area contributed by atoms with Crippen LogP contribution in [0.3, 0.4) is 0 Å².